The number of halogens is 5. The molecular weight excluding hydrogens is 516 g/mol. The Hall–Kier alpha value is -2.62. The lowest BCUT2D eigenvalue weighted by atomic mass is 9.94. The normalized spacial score (nSPS) is 20.8. The van der Waals surface area contributed by atoms with E-state index in [0.717, 1.165) is 37.3 Å². The van der Waals surface area contributed by atoms with Crippen LogP contribution in [0.1, 0.15) is 29.7 Å². The fourth-order valence-electron chi connectivity index (χ4n) is 5.17. The average molecular weight is 543 g/mol. The van der Waals surface area contributed by atoms with Crippen LogP contribution in [-0.2, 0) is 18.1 Å². The molecular formula is C25H27Cl2F3N4O2. The van der Waals surface area contributed by atoms with E-state index in [4.69, 9.17) is 0 Å². The van der Waals surface area contributed by atoms with Gasteiger partial charge in [-0.3, -0.25) is 19.3 Å². The number of rotatable bonds is 6. The van der Waals surface area contributed by atoms with Crippen LogP contribution in [0.3, 0.4) is 0 Å². The lowest BCUT2D eigenvalue weighted by Gasteiger charge is -2.21. The highest BCUT2D eigenvalue weighted by Gasteiger charge is 2.60. The van der Waals surface area contributed by atoms with E-state index in [2.05, 4.69) is 14.9 Å². The van der Waals surface area contributed by atoms with Crippen molar-refractivity contribution in [2.45, 2.75) is 37.9 Å². The molecule has 2 atom stereocenters. The van der Waals surface area contributed by atoms with E-state index < -0.39 is 23.0 Å². The Morgan fingerprint density at radius 2 is 1.81 bits per heavy atom. The maximum Gasteiger partial charge on any atom is 0.416 e. The zero-order chi connectivity index (χ0) is 24.1. The third kappa shape index (κ3) is 5.38. The van der Waals surface area contributed by atoms with E-state index >= 15 is 0 Å². The van der Waals surface area contributed by atoms with Crippen molar-refractivity contribution in [1.82, 2.24) is 19.4 Å². The number of fused-ring (bicyclic) bond motifs is 1. The maximum atomic E-state index is 12.9. The topological polar surface area (TPSA) is 71.0 Å². The molecule has 0 spiro atoms. The Morgan fingerprint density at radius 3 is 2.44 bits per heavy atom. The fraction of sp³-hybridized carbons (Fsp3) is 0.400. The Morgan fingerprint density at radius 1 is 1.08 bits per heavy atom. The number of aryl methyl sites for hydroxylation is 2. The minimum atomic E-state index is -4.32. The van der Waals surface area contributed by atoms with Gasteiger partial charge in [0.05, 0.1) is 11.1 Å². The van der Waals surface area contributed by atoms with Crippen molar-refractivity contribution in [2.24, 2.45) is 5.92 Å². The first-order chi connectivity index (χ1) is 16.2. The quantitative estimate of drug-likeness (QED) is 0.500. The van der Waals surface area contributed by atoms with E-state index in [1.807, 2.05) is 13.0 Å². The number of nitrogens with one attached hydrogen (secondary N) is 1. The van der Waals surface area contributed by atoms with E-state index in [1.165, 1.54) is 16.7 Å². The summed E-state index contributed by atoms with van der Waals surface area (Å²) in [5.74, 6) is 0.459. The van der Waals surface area contributed by atoms with Gasteiger partial charge in [-0.25, -0.2) is 4.79 Å². The second-order valence-corrected chi connectivity index (χ2v) is 9.40. The summed E-state index contributed by atoms with van der Waals surface area (Å²) in [6.07, 6.45) is 0.594. The van der Waals surface area contributed by atoms with Gasteiger partial charge in [0.25, 0.3) is 5.56 Å². The first-order valence-electron chi connectivity index (χ1n) is 11.3. The van der Waals surface area contributed by atoms with Crippen LogP contribution in [0, 0.1) is 12.8 Å². The number of piperidine rings is 1. The Labute approximate surface area is 218 Å². The molecule has 194 valence electrons. The number of benzene rings is 1. The summed E-state index contributed by atoms with van der Waals surface area (Å²) in [4.78, 5) is 33.5. The van der Waals surface area contributed by atoms with Gasteiger partial charge in [0, 0.05) is 48.7 Å². The van der Waals surface area contributed by atoms with E-state index in [0.29, 0.717) is 30.0 Å². The van der Waals surface area contributed by atoms with Crippen molar-refractivity contribution in [3.05, 3.63) is 86.5 Å². The van der Waals surface area contributed by atoms with Crippen LogP contribution in [0.2, 0.25) is 0 Å². The van der Waals surface area contributed by atoms with Crippen LogP contribution in [0.25, 0.3) is 11.1 Å². The molecule has 1 N–H and O–H groups in total. The molecule has 0 radical (unpaired) electrons. The number of aromatic amines is 1. The third-order valence-electron chi connectivity index (χ3n) is 7.11. The smallest absolute Gasteiger partial charge is 0.302 e. The lowest BCUT2D eigenvalue weighted by Crippen LogP contribution is -2.32. The van der Waals surface area contributed by atoms with Gasteiger partial charge in [-0.2, -0.15) is 13.2 Å². The largest absolute Gasteiger partial charge is 0.416 e. The highest BCUT2D eigenvalue weighted by Crippen LogP contribution is 2.59. The number of hydrogen-bond donors (Lipinski definition) is 1. The van der Waals surface area contributed by atoms with E-state index in [1.54, 1.807) is 30.6 Å². The first-order valence-corrected chi connectivity index (χ1v) is 11.3. The molecule has 0 unspecified atom stereocenters. The van der Waals surface area contributed by atoms with Gasteiger partial charge < -0.3 is 4.90 Å². The van der Waals surface area contributed by atoms with Crippen LogP contribution < -0.4 is 11.2 Å². The molecule has 36 heavy (non-hydrogen) atoms. The Bertz CT molecular complexity index is 1320. The van der Waals surface area contributed by atoms with Crippen LogP contribution in [0.4, 0.5) is 13.2 Å². The van der Waals surface area contributed by atoms with Gasteiger partial charge in [0.1, 0.15) is 0 Å². The second-order valence-electron chi connectivity index (χ2n) is 9.40. The molecule has 1 aromatic carbocycles. The van der Waals surface area contributed by atoms with Crippen LogP contribution in [0.15, 0.2) is 58.4 Å². The van der Waals surface area contributed by atoms with E-state index in [-0.39, 0.29) is 30.2 Å². The molecule has 3 aromatic rings. The summed E-state index contributed by atoms with van der Waals surface area (Å²) >= 11 is 0. The molecule has 3 heterocycles. The number of H-pyrrole nitrogens is 1. The molecule has 11 heteroatoms. The Balaban J connectivity index is 0.00000180. The molecule has 2 fully saturated rings. The zero-order valence-electron chi connectivity index (χ0n) is 19.5. The molecule has 5 rings (SSSR count). The summed E-state index contributed by atoms with van der Waals surface area (Å²) in [6.45, 7) is 4.80. The van der Waals surface area contributed by atoms with Crippen molar-refractivity contribution in [3.63, 3.8) is 0 Å². The van der Waals surface area contributed by atoms with Gasteiger partial charge in [0.2, 0.25) is 0 Å². The minimum Gasteiger partial charge on any atom is -0.302 e. The number of alkyl halides is 3. The monoisotopic (exact) mass is 542 g/mol. The third-order valence-corrected chi connectivity index (χ3v) is 7.11. The summed E-state index contributed by atoms with van der Waals surface area (Å²) in [6, 6.07) is 9.20. The molecule has 6 nitrogen and oxygen atoms in total. The molecule has 0 bridgehead atoms. The van der Waals surface area contributed by atoms with Gasteiger partial charge >= 0.3 is 11.9 Å². The highest BCUT2D eigenvalue weighted by atomic mass is 35.5. The molecule has 1 saturated carbocycles. The summed E-state index contributed by atoms with van der Waals surface area (Å²) < 4.78 is 40.1. The molecule has 1 aliphatic heterocycles. The lowest BCUT2D eigenvalue weighted by molar-refractivity contribution is -0.137. The zero-order valence-corrected chi connectivity index (χ0v) is 21.2. The van der Waals surface area contributed by atoms with Crippen molar-refractivity contribution in [1.29, 1.82) is 0 Å². The van der Waals surface area contributed by atoms with Crippen molar-refractivity contribution >= 4 is 24.8 Å². The SMILES string of the molecule is Cc1ccc(-c2cn(CCCN3C[C@@H]4C[C@]4(c4ccc(C(F)(F)F)cc4)C3)c(=O)[nH]c2=O)cn1.Cl.Cl. The number of aromatic nitrogens is 3. The highest BCUT2D eigenvalue weighted by molar-refractivity contribution is 5.85. The summed E-state index contributed by atoms with van der Waals surface area (Å²) in [5, 5.41) is 0. The van der Waals surface area contributed by atoms with Crippen molar-refractivity contribution in [3.8, 4) is 11.1 Å². The van der Waals surface area contributed by atoms with Crippen molar-refractivity contribution < 1.29 is 13.2 Å². The summed E-state index contributed by atoms with van der Waals surface area (Å²) in [5.41, 5.74) is 1.31. The van der Waals surface area contributed by atoms with Gasteiger partial charge in [-0.1, -0.05) is 18.2 Å². The van der Waals surface area contributed by atoms with Gasteiger partial charge in [-0.05, 0) is 56.0 Å². The van der Waals surface area contributed by atoms with Gasteiger partial charge in [0.15, 0.2) is 0 Å². The van der Waals surface area contributed by atoms with Crippen LogP contribution in [0.5, 0.6) is 0 Å². The number of likely N-dealkylation sites (tertiary alicyclic amines) is 1. The molecule has 1 aliphatic carbocycles. The van der Waals surface area contributed by atoms with Gasteiger partial charge in [-0.15, -0.1) is 24.8 Å². The predicted octanol–water partition coefficient (Wildman–Crippen LogP) is 4.43. The number of nitrogens with zero attached hydrogens (tertiary/aromatic N) is 3. The standard InChI is InChI=1S/C25H25F3N4O2.2ClH/c1-16-3-4-17(12-29-16)21-14-32(23(34)30-22(21)33)10-2-9-31-13-20-11-24(20,15-31)18-5-7-19(8-6-18)25(26,27)28;;/h3-8,12,14,20H,2,9-11,13,15H2,1H3,(H,30,33,34);2*1H/t20-,24+;;/m0../s1. The molecule has 2 aromatic heterocycles. The first kappa shape index (κ1) is 28.0. The predicted molar refractivity (Wildman–Crippen MR) is 136 cm³/mol. The summed E-state index contributed by atoms with van der Waals surface area (Å²) in [7, 11) is 0. The van der Waals surface area contributed by atoms with Crippen LogP contribution >= 0.6 is 24.8 Å². The second kappa shape index (κ2) is 10.4. The molecule has 0 amide bonds. The molecule has 2 aliphatic rings. The fourth-order valence-corrected chi connectivity index (χ4v) is 5.17. The Kier molecular flexibility index (Phi) is 8.07. The molecule has 1 saturated heterocycles. The minimum absolute atomic E-state index is 0. The van der Waals surface area contributed by atoms with Crippen LogP contribution in [-0.4, -0.2) is 39.1 Å². The average Bonchev–Trinajstić information content (AvgIpc) is 3.37. The van der Waals surface area contributed by atoms with Crippen molar-refractivity contribution in [2.75, 3.05) is 19.6 Å². The maximum absolute atomic E-state index is 12.9. The number of pyridine rings is 1. The van der Waals surface area contributed by atoms with E-state index in [9.17, 15) is 22.8 Å². The number of hydrogen-bond acceptors (Lipinski definition) is 4.